The number of aryl methyl sites for hydroxylation is 2. The van der Waals surface area contributed by atoms with Crippen molar-refractivity contribution in [2.75, 3.05) is 31.7 Å². The Hall–Kier alpha value is -0.650. The summed E-state index contributed by atoms with van der Waals surface area (Å²) in [5, 5.41) is 3.21. The molecule has 0 spiro atoms. The molecular formula is C15H25N3OS. The fraction of sp³-hybridized carbons (Fsp3) is 0.733. The number of nitrogens with one attached hydrogen (secondary N) is 1. The molecule has 1 saturated heterocycles. The SMILES string of the molecule is CCc1nc(C2CSCCO2)nc(CC)c1CCNC. The first kappa shape index (κ1) is 15.7. The lowest BCUT2D eigenvalue weighted by Gasteiger charge is -2.23. The van der Waals surface area contributed by atoms with Gasteiger partial charge in [0.05, 0.1) is 6.61 Å². The number of likely N-dealkylation sites (N-methyl/N-ethyl adjacent to an activating group) is 1. The minimum atomic E-state index is 0.0719. The predicted octanol–water partition coefficient (Wildman–Crippen LogP) is 2.17. The van der Waals surface area contributed by atoms with Crippen LogP contribution in [0.15, 0.2) is 0 Å². The van der Waals surface area contributed by atoms with Crippen LogP contribution in [-0.4, -0.2) is 41.7 Å². The minimum absolute atomic E-state index is 0.0719. The largest absolute Gasteiger partial charge is 0.368 e. The molecule has 0 aromatic carbocycles. The molecule has 2 rings (SSSR count). The summed E-state index contributed by atoms with van der Waals surface area (Å²) in [4.78, 5) is 9.60. The fourth-order valence-electron chi connectivity index (χ4n) is 2.51. The number of hydrogen-bond donors (Lipinski definition) is 1. The highest BCUT2D eigenvalue weighted by Gasteiger charge is 2.22. The molecule has 0 saturated carbocycles. The first-order valence-corrected chi connectivity index (χ1v) is 8.68. The van der Waals surface area contributed by atoms with Crippen LogP contribution in [0, 0.1) is 0 Å². The monoisotopic (exact) mass is 295 g/mol. The van der Waals surface area contributed by atoms with Gasteiger partial charge >= 0.3 is 0 Å². The zero-order chi connectivity index (χ0) is 14.4. The van der Waals surface area contributed by atoms with Crippen molar-refractivity contribution in [3.05, 3.63) is 22.8 Å². The van der Waals surface area contributed by atoms with Crippen molar-refractivity contribution < 1.29 is 4.74 Å². The molecule has 1 atom stereocenters. The maximum Gasteiger partial charge on any atom is 0.158 e. The summed E-state index contributed by atoms with van der Waals surface area (Å²) in [6.07, 6.45) is 2.99. The van der Waals surface area contributed by atoms with E-state index in [1.165, 1.54) is 17.0 Å². The number of hydrogen-bond acceptors (Lipinski definition) is 5. The standard InChI is InChI=1S/C15H25N3OS/c1-4-12-11(6-7-16-3)13(5-2)18-15(17-12)14-10-20-9-8-19-14/h14,16H,4-10H2,1-3H3. The number of ether oxygens (including phenoxy) is 1. The summed E-state index contributed by atoms with van der Waals surface area (Å²) >= 11 is 1.93. The zero-order valence-electron chi connectivity index (χ0n) is 12.7. The number of aromatic nitrogens is 2. The van der Waals surface area contributed by atoms with Crippen molar-refractivity contribution >= 4 is 11.8 Å². The van der Waals surface area contributed by atoms with E-state index >= 15 is 0 Å². The Morgan fingerprint density at radius 2 is 1.95 bits per heavy atom. The normalized spacial score (nSPS) is 19.2. The van der Waals surface area contributed by atoms with E-state index in [2.05, 4.69) is 19.2 Å². The lowest BCUT2D eigenvalue weighted by Crippen LogP contribution is -2.21. The van der Waals surface area contributed by atoms with Crippen molar-refractivity contribution in [2.24, 2.45) is 0 Å². The van der Waals surface area contributed by atoms with Crippen molar-refractivity contribution in [3.63, 3.8) is 0 Å². The van der Waals surface area contributed by atoms with Crippen LogP contribution in [-0.2, 0) is 24.0 Å². The number of nitrogens with zero attached hydrogens (tertiary/aromatic N) is 2. The summed E-state index contributed by atoms with van der Waals surface area (Å²) in [5.74, 6) is 2.94. The second kappa shape index (κ2) is 7.96. The van der Waals surface area contributed by atoms with Gasteiger partial charge in [-0.2, -0.15) is 11.8 Å². The maximum absolute atomic E-state index is 5.83. The average Bonchev–Trinajstić information content (AvgIpc) is 2.52. The molecule has 0 amide bonds. The highest BCUT2D eigenvalue weighted by Crippen LogP contribution is 2.26. The molecule has 4 nitrogen and oxygen atoms in total. The minimum Gasteiger partial charge on any atom is -0.368 e. The van der Waals surface area contributed by atoms with E-state index in [9.17, 15) is 0 Å². The van der Waals surface area contributed by atoms with Gasteiger partial charge in [-0.3, -0.25) is 0 Å². The van der Waals surface area contributed by atoms with E-state index in [1.807, 2.05) is 18.8 Å². The van der Waals surface area contributed by atoms with Crippen LogP contribution in [0.2, 0.25) is 0 Å². The second-order valence-electron chi connectivity index (χ2n) is 4.95. The van der Waals surface area contributed by atoms with Crippen molar-refractivity contribution in [2.45, 2.75) is 39.2 Å². The van der Waals surface area contributed by atoms with E-state index in [0.717, 1.165) is 49.7 Å². The van der Waals surface area contributed by atoms with E-state index in [-0.39, 0.29) is 6.10 Å². The quantitative estimate of drug-likeness (QED) is 0.871. The molecular weight excluding hydrogens is 270 g/mol. The van der Waals surface area contributed by atoms with Gasteiger partial charge in [-0.1, -0.05) is 13.8 Å². The topological polar surface area (TPSA) is 47.0 Å². The number of rotatable bonds is 6. The molecule has 20 heavy (non-hydrogen) atoms. The smallest absolute Gasteiger partial charge is 0.158 e. The Bertz CT molecular complexity index is 408. The molecule has 5 heteroatoms. The Balaban J connectivity index is 2.30. The van der Waals surface area contributed by atoms with E-state index in [0.29, 0.717) is 0 Å². The van der Waals surface area contributed by atoms with Crippen LogP contribution in [0.4, 0.5) is 0 Å². The molecule has 1 unspecified atom stereocenters. The lowest BCUT2D eigenvalue weighted by molar-refractivity contribution is 0.0690. The van der Waals surface area contributed by atoms with E-state index in [1.54, 1.807) is 0 Å². The maximum atomic E-state index is 5.83. The van der Waals surface area contributed by atoms with Gasteiger partial charge in [0.2, 0.25) is 0 Å². The van der Waals surface area contributed by atoms with Gasteiger partial charge in [0, 0.05) is 22.9 Å². The lowest BCUT2D eigenvalue weighted by atomic mass is 10.0. The van der Waals surface area contributed by atoms with Gasteiger partial charge < -0.3 is 10.1 Å². The highest BCUT2D eigenvalue weighted by atomic mass is 32.2. The van der Waals surface area contributed by atoms with Gasteiger partial charge in [-0.25, -0.2) is 9.97 Å². The molecule has 1 aromatic rings. The van der Waals surface area contributed by atoms with Crippen LogP contribution in [0.25, 0.3) is 0 Å². The van der Waals surface area contributed by atoms with Crippen LogP contribution in [0.3, 0.4) is 0 Å². The molecule has 1 fully saturated rings. The Morgan fingerprint density at radius 3 is 2.45 bits per heavy atom. The van der Waals surface area contributed by atoms with Crippen molar-refractivity contribution in [1.29, 1.82) is 0 Å². The van der Waals surface area contributed by atoms with Gasteiger partial charge in [-0.05, 0) is 38.4 Å². The molecule has 1 aliphatic heterocycles. The zero-order valence-corrected chi connectivity index (χ0v) is 13.6. The summed E-state index contributed by atoms with van der Waals surface area (Å²) in [6, 6.07) is 0. The third-order valence-corrected chi connectivity index (χ3v) is 4.59. The third kappa shape index (κ3) is 3.71. The Kier molecular flexibility index (Phi) is 6.26. The van der Waals surface area contributed by atoms with Gasteiger partial charge in [0.25, 0.3) is 0 Å². The molecule has 112 valence electrons. The summed E-state index contributed by atoms with van der Waals surface area (Å²) in [5.41, 5.74) is 3.72. The molecule has 0 bridgehead atoms. The first-order chi connectivity index (χ1) is 9.80. The predicted molar refractivity (Wildman–Crippen MR) is 84.4 cm³/mol. The molecule has 2 heterocycles. The van der Waals surface area contributed by atoms with E-state index in [4.69, 9.17) is 14.7 Å². The Labute approximate surface area is 126 Å². The summed E-state index contributed by atoms with van der Waals surface area (Å²) < 4.78 is 5.83. The second-order valence-corrected chi connectivity index (χ2v) is 6.10. The molecule has 1 aromatic heterocycles. The third-order valence-electron chi connectivity index (χ3n) is 3.59. The fourth-order valence-corrected chi connectivity index (χ4v) is 3.35. The van der Waals surface area contributed by atoms with Crippen molar-refractivity contribution in [1.82, 2.24) is 15.3 Å². The first-order valence-electron chi connectivity index (χ1n) is 7.52. The van der Waals surface area contributed by atoms with Gasteiger partial charge in [-0.15, -0.1) is 0 Å². The van der Waals surface area contributed by atoms with E-state index < -0.39 is 0 Å². The molecule has 1 aliphatic rings. The van der Waals surface area contributed by atoms with Gasteiger partial charge in [0.15, 0.2) is 5.82 Å². The molecule has 0 aliphatic carbocycles. The van der Waals surface area contributed by atoms with Crippen LogP contribution < -0.4 is 5.32 Å². The molecule has 1 N–H and O–H groups in total. The van der Waals surface area contributed by atoms with Crippen LogP contribution >= 0.6 is 11.8 Å². The average molecular weight is 295 g/mol. The van der Waals surface area contributed by atoms with Crippen LogP contribution in [0.1, 0.15) is 42.7 Å². The summed E-state index contributed by atoms with van der Waals surface area (Å²) in [6.45, 7) is 6.12. The van der Waals surface area contributed by atoms with Crippen molar-refractivity contribution in [3.8, 4) is 0 Å². The Morgan fingerprint density at radius 1 is 1.25 bits per heavy atom. The van der Waals surface area contributed by atoms with Gasteiger partial charge in [0.1, 0.15) is 6.10 Å². The molecule has 0 radical (unpaired) electrons. The van der Waals surface area contributed by atoms with Crippen LogP contribution in [0.5, 0.6) is 0 Å². The summed E-state index contributed by atoms with van der Waals surface area (Å²) in [7, 11) is 1.99. The highest BCUT2D eigenvalue weighted by molar-refractivity contribution is 7.99. The number of thioether (sulfide) groups is 1.